The van der Waals surface area contributed by atoms with Gasteiger partial charge in [0.1, 0.15) is 5.75 Å². The summed E-state index contributed by atoms with van der Waals surface area (Å²) in [6.07, 6.45) is 4.36. The van der Waals surface area contributed by atoms with Gasteiger partial charge in [-0.1, -0.05) is 18.2 Å². The fraction of sp³-hybridized carbons (Fsp3) is 0.632. The fourth-order valence-electron chi connectivity index (χ4n) is 4.21. The monoisotopic (exact) mass is 330 g/mol. The molecule has 1 aliphatic carbocycles. The smallest absolute Gasteiger partial charge is 0.317 e. The van der Waals surface area contributed by atoms with E-state index in [1.54, 1.807) is 7.11 Å². The van der Waals surface area contributed by atoms with Gasteiger partial charge in [0.15, 0.2) is 0 Å². The summed E-state index contributed by atoms with van der Waals surface area (Å²) < 4.78 is 11.1. The van der Waals surface area contributed by atoms with Crippen molar-refractivity contribution in [2.24, 2.45) is 5.41 Å². The summed E-state index contributed by atoms with van der Waals surface area (Å²) in [6.45, 7) is 4.01. The number of benzene rings is 1. The predicted octanol–water partition coefficient (Wildman–Crippen LogP) is 2.55. The number of nitrogens with one attached hydrogen (secondary N) is 1. The first-order valence-electron chi connectivity index (χ1n) is 8.91. The van der Waals surface area contributed by atoms with E-state index in [2.05, 4.69) is 11.4 Å². The van der Waals surface area contributed by atoms with Crippen molar-refractivity contribution in [3.8, 4) is 5.75 Å². The molecule has 5 heteroatoms. The molecule has 1 N–H and O–H groups in total. The Bertz CT molecular complexity index is 621. The highest BCUT2D eigenvalue weighted by Gasteiger charge is 2.47. The Balaban J connectivity index is 1.37. The lowest BCUT2D eigenvalue weighted by molar-refractivity contribution is 0.152. The predicted molar refractivity (Wildman–Crippen MR) is 91.4 cm³/mol. The van der Waals surface area contributed by atoms with Crippen LogP contribution in [0.4, 0.5) is 4.79 Å². The maximum absolute atomic E-state index is 12.6. The number of carbonyl (C=O) groups is 1. The quantitative estimate of drug-likeness (QED) is 0.923. The average Bonchev–Trinajstić information content (AvgIpc) is 3.07. The minimum atomic E-state index is 0.0517. The van der Waals surface area contributed by atoms with Crippen LogP contribution in [0.2, 0.25) is 0 Å². The highest BCUT2D eigenvalue weighted by atomic mass is 16.5. The number of ether oxygens (including phenoxy) is 2. The van der Waals surface area contributed by atoms with Gasteiger partial charge in [0.05, 0.1) is 13.7 Å². The molecule has 1 aromatic rings. The van der Waals surface area contributed by atoms with Gasteiger partial charge in [0.25, 0.3) is 0 Å². The lowest BCUT2D eigenvalue weighted by atomic mass is 9.87. The maximum atomic E-state index is 12.6. The topological polar surface area (TPSA) is 50.8 Å². The first kappa shape index (κ1) is 15.8. The Morgan fingerprint density at radius 1 is 1.29 bits per heavy atom. The lowest BCUT2D eigenvalue weighted by Gasteiger charge is -2.24. The van der Waals surface area contributed by atoms with Crippen LogP contribution in [-0.2, 0) is 10.2 Å². The summed E-state index contributed by atoms with van der Waals surface area (Å²) in [6, 6.07) is 8.23. The lowest BCUT2D eigenvalue weighted by Crippen LogP contribution is -2.43. The third-order valence-corrected chi connectivity index (χ3v) is 6.02. The maximum Gasteiger partial charge on any atom is 0.317 e. The molecule has 0 unspecified atom stereocenters. The van der Waals surface area contributed by atoms with Gasteiger partial charge >= 0.3 is 6.03 Å². The molecule has 5 nitrogen and oxygen atoms in total. The average molecular weight is 330 g/mol. The Morgan fingerprint density at radius 2 is 2.12 bits per heavy atom. The van der Waals surface area contributed by atoms with E-state index in [-0.39, 0.29) is 16.9 Å². The SMILES string of the molecule is COc1ccccc1C1(CNC(=O)N2CC[C@@]3(CCOC3)C2)CC1. The Labute approximate surface area is 143 Å². The second kappa shape index (κ2) is 5.96. The van der Waals surface area contributed by atoms with Gasteiger partial charge in [-0.05, 0) is 31.7 Å². The molecule has 2 aliphatic heterocycles. The van der Waals surface area contributed by atoms with Crippen molar-refractivity contribution < 1.29 is 14.3 Å². The van der Waals surface area contributed by atoms with Gasteiger partial charge in [-0.25, -0.2) is 4.79 Å². The molecule has 1 aromatic carbocycles. The van der Waals surface area contributed by atoms with Gasteiger partial charge < -0.3 is 19.7 Å². The van der Waals surface area contributed by atoms with Crippen LogP contribution < -0.4 is 10.1 Å². The van der Waals surface area contributed by atoms with Crippen LogP contribution in [0.3, 0.4) is 0 Å². The molecular weight excluding hydrogens is 304 g/mol. The van der Waals surface area contributed by atoms with Gasteiger partial charge in [-0.2, -0.15) is 0 Å². The zero-order chi connectivity index (χ0) is 16.6. The van der Waals surface area contributed by atoms with Gasteiger partial charge in [0, 0.05) is 42.6 Å². The minimum absolute atomic E-state index is 0.0517. The van der Waals surface area contributed by atoms with E-state index < -0.39 is 0 Å². The van der Waals surface area contributed by atoms with Crippen LogP contribution in [-0.4, -0.2) is 50.9 Å². The van der Waals surface area contributed by atoms with Crippen LogP contribution in [0.25, 0.3) is 0 Å². The molecule has 3 fully saturated rings. The summed E-state index contributed by atoms with van der Waals surface area (Å²) >= 11 is 0. The Hall–Kier alpha value is -1.75. The molecule has 0 bridgehead atoms. The van der Waals surface area contributed by atoms with Crippen LogP contribution in [0, 0.1) is 5.41 Å². The molecule has 4 rings (SSSR count). The molecule has 24 heavy (non-hydrogen) atoms. The largest absolute Gasteiger partial charge is 0.496 e. The molecule has 1 saturated carbocycles. The number of methoxy groups -OCH3 is 1. The molecule has 1 atom stereocenters. The first-order valence-corrected chi connectivity index (χ1v) is 8.91. The standard InChI is InChI=1S/C19H26N2O3/c1-23-16-5-3-2-4-15(16)19(6-7-19)12-20-17(22)21-10-8-18(13-21)9-11-24-14-18/h2-5H,6-14H2,1H3,(H,20,22)/t18-/m1/s1. The van der Waals surface area contributed by atoms with E-state index in [1.807, 2.05) is 23.1 Å². The van der Waals surface area contributed by atoms with E-state index >= 15 is 0 Å². The van der Waals surface area contributed by atoms with Gasteiger partial charge in [-0.15, -0.1) is 0 Å². The summed E-state index contributed by atoms with van der Waals surface area (Å²) in [4.78, 5) is 14.6. The van der Waals surface area contributed by atoms with E-state index in [9.17, 15) is 4.79 Å². The molecule has 2 saturated heterocycles. The van der Waals surface area contributed by atoms with Crippen molar-refractivity contribution in [2.45, 2.75) is 31.1 Å². The zero-order valence-corrected chi connectivity index (χ0v) is 14.3. The third-order valence-electron chi connectivity index (χ3n) is 6.02. The molecule has 0 radical (unpaired) electrons. The third kappa shape index (κ3) is 2.75. The molecule has 130 valence electrons. The molecule has 2 heterocycles. The van der Waals surface area contributed by atoms with E-state index in [4.69, 9.17) is 9.47 Å². The Kier molecular flexibility index (Phi) is 3.91. The molecule has 0 aromatic heterocycles. The second-order valence-electron chi connectivity index (χ2n) is 7.61. The molecule has 2 amide bonds. The van der Waals surface area contributed by atoms with Crippen LogP contribution in [0.15, 0.2) is 24.3 Å². The summed E-state index contributed by atoms with van der Waals surface area (Å²) in [5.41, 5.74) is 1.49. The number of rotatable bonds is 4. The number of hydrogen-bond donors (Lipinski definition) is 1. The van der Waals surface area contributed by atoms with E-state index in [0.29, 0.717) is 6.54 Å². The van der Waals surface area contributed by atoms with Crippen molar-refractivity contribution in [1.82, 2.24) is 10.2 Å². The van der Waals surface area contributed by atoms with Crippen LogP contribution >= 0.6 is 0 Å². The van der Waals surface area contributed by atoms with Crippen LogP contribution in [0.5, 0.6) is 5.75 Å². The highest BCUT2D eigenvalue weighted by molar-refractivity contribution is 5.75. The van der Waals surface area contributed by atoms with Crippen molar-refractivity contribution in [3.05, 3.63) is 29.8 Å². The summed E-state index contributed by atoms with van der Waals surface area (Å²) in [5, 5.41) is 3.17. The van der Waals surface area contributed by atoms with E-state index in [1.165, 1.54) is 5.56 Å². The molecular formula is C19H26N2O3. The normalized spacial score (nSPS) is 27.5. The van der Waals surface area contributed by atoms with E-state index in [0.717, 1.165) is 57.7 Å². The fourth-order valence-corrected chi connectivity index (χ4v) is 4.21. The van der Waals surface area contributed by atoms with Crippen molar-refractivity contribution in [1.29, 1.82) is 0 Å². The molecule has 1 spiro atoms. The van der Waals surface area contributed by atoms with Gasteiger partial charge in [0.2, 0.25) is 0 Å². The number of nitrogens with zero attached hydrogens (tertiary/aromatic N) is 1. The number of hydrogen-bond acceptors (Lipinski definition) is 3. The minimum Gasteiger partial charge on any atom is -0.496 e. The zero-order valence-electron chi connectivity index (χ0n) is 14.3. The highest BCUT2D eigenvalue weighted by Crippen LogP contribution is 2.50. The number of urea groups is 1. The number of likely N-dealkylation sites (tertiary alicyclic amines) is 1. The van der Waals surface area contributed by atoms with Crippen molar-refractivity contribution >= 4 is 6.03 Å². The number of carbonyl (C=O) groups excluding carboxylic acids is 1. The van der Waals surface area contributed by atoms with Crippen molar-refractivity contribution in [3.63, 3.8) is 0 Å². The van der Waals surface area contributed by atoms with Crippen LogP contribution in [0.1, 0.15) is 31.2 Å². The number of amides is 2. The van der Waals surface area contributed by atoms with Gasteiger partial charge in [-0.3, -0.25) is 0 Å². The summed E-state index contributed by atoms with van der Waals surface area (Å²) in [7, 11) is 1.71. The number of para-hydroxylation sites is 1. The molecule has 3 aliphatic rings. The first-order chi connectivity index (χ1) is 11.7. The Morgan fingerprint density at radius 3 is 2.83 bits per heavy atom. The van der Waals surface area contributed by atoms with Crippen molar-refractivity contribution in [2.75, 3.05) is 40.0 Å². The second-order valence-corrected chi connectivity index (χ2v) is 7.61. The summed E-state index contributed by atoms with van der Waals surface area (Å²) in [5.74, 6) is 0.924.